The van der Waals surface area contributed by atoms with Crippen LogP contribution in [0.15, 0.2) is 143 Å². The zero-order valence-corrected chi connectivity index (χ0v) is 21.1. The third-order valence-corrected chi connectivity index (χ3v) is 9.37. The summed E-state index contributed by atoms with van der Waals surface area (Å²) in [4.78, 5) is 0. The first-order valence-electron chi connectivity index (χ1n) is 14.1. The van der Waals surface area contributed by atoms with Crippen LogP contribution in [0.2, 0.25) is 0 Å². The van der Waals surface area contributed by atoms with Crippen LogP contribution in [0.4, 0.5) is 0 Å². The van der Waals surface area contributed by atoms with Gasteiger partial charge in [-0.1, -0.05) is 109 Å². The van der Waals surface area contributed by atoms with Crippen LogP contribution < -0.4 is 0 Å². The SMILES string of the molecule is C1=CCC(C2CC=CC3=C2C2=C(C=CCC2C2C=CC=CC2)C2C=C(C4=CCCC=C4)C=CC32)C=C1. The first-order valence-corrected chi connectivity index (χ1v) is 14.1. The first kappa shape index (κ1) is 22.1. The molecule has 0 aromatic rings. The molecule has 0 spiro atoms. The molecule has 7 rings (SSSR count). The molecule has 6 atom stereocenters. The number of hydrogen-bond donors (Lipinski definition) is 0. The van der Waals surface area contributed by atoms with Gasteiger partial charge in [0, 0.05) is 11.8 Å². The lowest BCUT2D eigenvalue weighted by atomic mass is 9.58. The molecule has 0 nitrogen and oxygen atoms in total. The summed E-state index contributed by atoms with van der Waals surface area (Å²) in [5, 5.41) is 0. The highest BCUT2D eigenvalue weighted by Gasteiger charge is 2.43. The summed E-state index contributed by atoms with van der Waals surface area (Å²) in [6.45, 7) is 0. The van der Waals surface area contributed by atoms with Crippen molar-refractivity contribution < 1.29 is 0 Å². The minimum absolute atomic E-state index is 0.433. The van der Waals surface area contributed by atoms with Crippen LogP contribution in [-0.2, 0) is 0 Å². The molecular formula is C36H36. The molecule has 0 amide bonds. The molecule has 36 heavy (non-hydrogen) atoms. The molecule has 7 aliphatic carbocycles. The molecule has 0 heteroatoms. The van der Waals surface area contributed by atoms with E-state index in [0.717, 1.165) is 32.1 Å². The van der Waals surface area contributed by atoms with Gasteiger partial charge in [-0.3, -0.25) is 0 Å². The molecule has 0 saturated carbocycles. The van der Waals surface area contributed by atoms with Gasteiger partial charge in [-0.2, -0.15) is 0 Å². The Morgan fingerprint density at radius 3 is 1.75 bits per heavy atom. The highest BCUT2D eigenvalue weighted by Crippen LogP contribution is 2.55. The van der Waals surface area contributed by atoms with Gasteiger partial charge in [0.25, 0.3) is 0 Å². The summed E-state index contributed by atoms with van der Waals surface area (Å²) >= 11 is 0. The standard InChI is InChI=1S/C36H36/c1-4-12-25(13-5-1)28-22-23-31-32-20-10-18-29(26-14-6-2-7-15-26)35(32)36-30(27-16-8-3-9-17-27)19-11-21-33(36)34(31)24-28/h2-4,6-14,16,20-24,26-27,29-31,34H,1,5,15,17-19H2. The smallest absolute Gasteiger partial charge is 0.0134 e. The van der Waals surface area contributed by atoms with Gasteiger partial charge >= 0.3 is 0 Å². The number of hydrogen-bond acceptors (Lipinski definition) is 0. The molecule has 0 bridgehead atoms. The molecular weight excluding hydrogens is 432 g/mol. The second-order valence-corrected chi connectivity index (χ2v) is 11.3. The Balaban J connectivity index is 1.38. The van der Waals surface area contributed by atoms with Crippen LogP contribution >= 0.6 is 0 Å². The monoisotopic (exact) mass is 468 g/mol. The van der Waals surface area contributed by atoms with E-state index in [4.69, 9.17) is 0 Å². The lowest BCUT2D eigenvalue weighted by molar-refractivity contribution is 0.391. The second kappa shape index (κ2) is 9.40. The van der Waals surface area contributed by atoms with E-state index in [9.17, 15) is 0 Å². The minimum atomic E-state index is 0.433. The molecule has 0 aromatic heterocycles. The molecule has 0 heterocycles. The normalized spacial score (nSPS) is 36.0. The fraction of sp³-hybridized carbons (Fsp3) is 0.333. The Labute approximate surface area is 216 Å². The van der Waals surface area contributed by atoms with Crippen LogP contribution in [-0.4, -0.2) is 0 Å². The number of rotatable bonds is 3. The van der Waals surface area contributed by atoms with Gasteiger partial charge in [-0.25, -0.2) is 0 Å². The van der Waals surface area contributed by atoms with Crippen LogP contribution in [0, 0.1) is 35.5 Å². The van der Waals surface area contributed by atoms with Gasteiger partial charge in [0.05, 0.1) is 0 Å². The van der Waals surface area contributed by atoms with Crippen LogP contribution in [0.1, 0.15) is 38.5 Å². The van der Waals surface area contributed by atoms with Gasteiger partial charge in [-0.05, 0) is 95.6 Å². The topological polar surface area (TPSA) is 0 Å². The van der Waals surface area contributed by atoms with Gasteiger partial charge in [-0.15, -0.1) is 0 Å². The van der Waals surface area contributed by atoms with Crippen molar-refractivity contribution in [3.63, 3.8) is 0 Å². The van der Waals surface area contributed by atoms with Crippen molar-refractivity contribution in [1.29, 1.82) is 0 Å². The summed E-state index contributed by atoms with van der Waals surface area (Å²) in [5.74, 6) is 3.23. The van der Waals surface area contributed by atoms with Gasteiger partial charge in [0.2, 0.25) is 0 Å². The van der Waals surface area contributed by atoms with Crippen molar-refractivity contribution in [3.05, 3.63) is 143 Å². The Kier molecular flexibility index (Phi) is 5.77. The van der Waals surface area contributed by atoms with Crippen molar-refractivity contribution in [2.75, 3.05) is 0 Å². The fourth-order valence-electron chi connectivity index (χ4n) is 7.67. The van der Waals surface area contributed by atoms with Crippen molar-refractivity contribution in [2.45, 2.75) is 38.5 Å². The summed E-state index contributed by atoms with van der Waals surface area (Å²) in [6.07, 6.45) is 50.3. The molecule has 0 saturated heterocycles. The van der Waals surface area contributed by atoms with Crippen LogP contribution in [0.25, 0.3) is 0 Å². The third-order valence-electron chi connectivity index (χ3n) is 9.37. The molecule has 0 aliphatic heterocycles. The Hall–Kier alpha value is -3.12. The number of fused-ring (bicyclic) bond motifs is 4. The summed E-state index contributed by atoms with van der Waals surface area (Å²) in [5.41, 5.74) is 9.44. The second-order valence-electron chi connectivity index (χ2n) is 11.3. The number of allylic oxidation sites excluding steroid dienone is 24. The zero-order valence-electron chi connectivity index (χ0n) is 21.1. The quantitative estimate of drug-likeness (QED) is 0.387. The van der Waals surface area contributed by atoms with Crippen LogP contribution in [0.5, 0.6) is 0 Å². The lowest BCUT2D eigenvalue weighted by Gasteiger charge is -2.46. The molecule has 6 unspecified atom stereocenters. The van der Waals surface area contributed by atoms with Crippen molar-refractivity contribution in [2.24, 2.45) is 35.5 Å². The molecule has 0 N–H and O–H groups in total. The zero-order chi connectivity index (χ0) is 23.9. The van der Waals surface area contributed by atoms with E-state index in [-0.39, 0.29) is 0 Å². The van der Waals surface area contributed by atoms with Gasteiger partial charge < -0.3 is 0 Å². The van der Waals surface area contributed by atoms with E-state index in [2.05, 4.69) is 109 Å². The summed E-state index contributed by atoms with van der Waals surface area (Å²) < 4.78 is 0. The minimum Gasteiger partial charge on any atom is -0.0839 e. The average Bonchev–Trinajstić information content (AvgIpc) is 2.97. The maximum Gasteiger partial charge on any atom is 0.0134 e. The highest BCUT2D eigenvalue weighted by molar-refractivity contribution is 5.63. The average molecular weight is 469 g/mol. The van der Waals surface area contributed by atoms with Crippen molar-refractivity contribution >= 4 is 0 Å². The summed E-state index contributed by atoms with van der Waals surface area (Å²) in [7, 11) is 0. The van der Waals surface area contributed by atoms with Gasteiger partial charge in [0.15, 0.2) is 0 Å². The van der Waals surface area contributed by atoms with Gasteiger partial charge in [0.1, 0.15) is 0 Å². The maximum absolute atomic E-state index is 2.61. The molecule has 0 aromatic carbocycles. The molecule has 0 radical (unpaired) electrons. The lowest BCUT2D eigenvalue weighted by Crippen LogP contribution is -2.35. The largest absolute Gasteiger partial charge is 0.0839 e. The summed E-state index contributed by atoms with van der Waals surface area (Å²) in [6, 6.07) is 0. The van der Waals surface area contributed by atoms with Crippen molar-refractivity contribution in [3.8, 4) is 0 Å². The maximum atomic E-state index is 2.61. The molecule has 0 fully saturated rings. The van der Waals surface area contributed by atoms with Crippen molar-refractivity contribution in [1.82, 2.24) is 0 Å². The van der Waals surface area contributed by atoms with E-state index < -0.39 is 0 Å². The predicted octanol–water partition coefficient (Wildman–Crippen LogP) is 9.02. The van der Waals surface area contributed by atoms with E-state index in [1.165, 1.54) is 17.6 Å². The fourth-order valence-corrected chi connectivity index (χ4v) is 7.67. The highest BCUT2D eigenvalue weighted by atomic mass is 14.5. The molecule has 7 aliphatic rings. The Morgan fingerprint density at radius 2 is 1.17 bits per heavy atom. The van der Waals surface area contributed by atoms with E-state index in [1.807, 2.05) is 0 Å². The predicted molar refractivity (Wildman–Crippen MR) is 152 cm³/mol. The van der Waals surface area contributed by atoms with E-state index >= 15 is 0 Å². The first-order chi connectivity index (χ1) is 17.9. The Bertz CT molecular complexity index is 1300. The van der Waals surface area contributed by atoms with E-state index in [1.54, 1.807) is 22.3 Å². The Morgan fingerprint density at radius 1 is 0.500 bits per heavy atom. The molecule has 180 valence electrons. The van der Waals surface area contributed by atoms with Crippen LogP contribution in [0.3, 0.4) is 0 Å². The van der Waals surface area contributed by atoms with E-state index in [0.29, 0.717) is 35.5 Å². The third kappa shape index (κ3) is 3.74.